The molecule has 74 valence electrons. The third kappa shape index (κ3) is 2.86. The summed E-state index contributed by atoms with van der Waals surface area (Å²) in [5.41, 5.74) is 7.17. The second-order valence-electron chi connectivity index (χ2n) is 2.70. The fourth-order valence-corrected chi connectivity index (χ4v) is 1.10. The number of nitrogen functional groups attached to an aromatic ring is 1. The zero-order chi connectivity index (χ0) is 10.4. The van der Waals surface area contributed by atoms with Gasteiger partial charge in [-0.3, -0.25) is 0 Å². The zero-order valence-electron chi connectivity index (χ0n) is 8.01. The van der Waals surface area contributed by atoms with Crippen LogP contribution in [0.1, 0.15) is 12.0 Å². The molecular weight excluding hydrogens is 198 g/mol. The number of halogens is 1. The van der Waals surface area contributed by atoms with Gasteiger partial charge in [0.1, 0.15) is 5.75 Å². The molecule has 0 fully saturated rings. The molecule has 0 saturated heterocycles. The summed E-state index contributed by atoms with van der Waals surface area (Å²) < 4.78 is 5.07. The Labute approximate surface area is 89.0 Å². The molecule has 1 aromatic carbocycles. The lowest BCUT2D eigenvalue weighted by molar-refractivity contribution is 0.417. The summed E-state index contributed by atoms with van der Waals surface area (Å²) in [5, 5.41) is 0. The maximum Gasteiger partial charge on any atom is 0.142 e. The van der Waals surface area contributed by atoms with Crippen LogP contribution in [0.2, 0.25) is 0 Å². The first-order valence-corrected chi connectivity index (χ1v) is 4.79. The van der Waals surface area contributed by atoms with Crippen molar-refractivity contribution in [2.45, 2.75) is 6.42 Å². The van der Waals surface area contributed by atoms with Gasteiger partial charge in [0.15, 0.2) is 0 Å². The molecular formula is C11H12ClNO. The van der Waals surface area contributed by atoms with Crippen LogP contribution in [0.5, 0.6) is 5.75 Å². The van der Waals surface area contributed by atoms with Gasteiger partial charge in [0.2, 0.25) is 0 Å². The van der Waals surface area contributed by atoms with Gasteiger partial charge < -0.3 is 10.5 Å². The van der Waals surface area contributed by atoms with E-state index in [1.165, 1.54) is 0 Å². The fraction of sp³-hybridized carbons (Fsp3) is 0.273. The van der Waals surface area contributed by atoms with E-state index in [4.69, 9.17) is 22.1 Å². The molecule has 0 spiro atoms. The third-order valence-corrected chi connectivity index (χ3v) is 1.87. The van der Waals surface area contributed by atoms with E-state index in [0.29, 0.717) is 23.7 Å². The lowest BCUT2D eigenvalue weighted by atomic mass is 10.2. The normalized spacial score (nSPS) is 9.00. The predicted octanol–water partition coefficient (Wildman–Crippen LogP) is 2.26. The van der Waals surface area contributed by atoms with Gasteiger partial charge in [0.05, 0.1) is 12.8 Å². The van der Waals surface area contributed by atoms with Crippen molar-refractivity contribution in [1.29, 1.82) is 0 Å². The number of rotatable bonds is 2. The predicted molar refractivity (Wildman–Crippen MR) is 59.6 cm³/mol. The standard InChI is InChI=1S/C11H12ClNO/c1-14-11-8-9(4-2-3-7-12)5-6-10(11)13/h5-6,8H,3,7,13H2,1H3. The van der Waals surface area contributed by atoms with Gasteiger partial charge in [-0.2, -0.15) is 0 Å². The first kappa shape index (κ1) is 10.7. The SMILES string of the molecule is COc1cc(C#CCCCl)ccc1N. The number of anilines is 1. The van der Waals surface area contributed by atoms with Crippen LogP contribution < -0.4 is 10.5 Å². The minimum Gasteiger partial charge on any atom is -0.495 e. The average Bonchev–Trinajstić information content (AvgIpc) is 2.21. The van der Waals surface area contributed by atoms with E-state index < -0.39 is 0 Å². The Morgan fingerprint density at radius 2 is 2.29 bits per heavy atom. The van der Waals surface area contributed by atoms with Crippen molar-refractivity contribution < 1.29 is 4.74 Å². The molecule has 0 heterocycles. The topological polar surface area (TPSA) is 35.2 Å². The Hall–Kier alpha value is -1.33. The maximum atomic E-state index is 5.66. The van der Waals surface area contributed by atoms with Crippen LogP contribution in [0.3, 0.4) is 0 Å². The van der Waals surface area contributed by atoms with Gasteiger partial charge in [-0.05, 0) is 18.2 Å². The van der Waals surface area contributed by atoms with Gasteiger partial charge in [-0.1, -0.05) is 11.8 Å². The van der Waals surface area contributed by atoms with Crippen LogP contribution in [-0.4, -0.2) is 13.0 Å². The summed E-state index contributed by atoms with van der Waals surface area (Å²) in [4.78, 5) is 0. The smallest absolute Gasteiger partial charge is 0.142 e. The van der Waals surface area contributed by atoms with Crippen LogP contribution in [0, 0.1) is 11.8 Å². The van der Waals surface area contributed by atoms with Crippen molar-refractivity contribution in [3.05, 3.63) is 23.8 Å². The Balaban J connectivity index is 2.86. The number of ether oxygens (including phenoxy) is 1. The monoisotopic (exact) mass is 209 g/mol. The third-order valence-electron chi connectivity index (χ3n) is 1.69. The van der Waals surface area contributed by atoms with E-state index in [1.807, 2.05) is 12.1 Å². The number of hydrogen-bond acceptors (Lipinski definition) is 2. The maximum absolute atomic E-state index is 5.66. The highest BCUT2D eigenvalue weighted by molar-refractivity contribution is 6.18. The fourth-order valence-electron chi connectivity index (χ4n) is 1.00. The highest BCUT2D eigenvalue weighted by Gasteiger charge is 1.97. The van der Waals surface area contributed by atoms with Gasteiger partial charge in [0, 0.05) is 17.9 Å². The van der Waals surface area contributed by atoms with Gasteiger partial charge in [0.25, 0.3) is 0 Å². The molecule has 2 N–H and O–H groups in total. The van der Waals surface area contributed by atoms with Crippen molar-refractivity contribution in [2.75, 3.05) is 18.7 Å². The molecule has 0 saturated carbocycles. The van der Waals surface area contributed by atoms with E-state index >= 15 is 0 Å². The first-order chi connectivity index (χ1) is 6.77. The van der Waals surface area contributed by atoms with Crippen molar-refractivity contribution in [3.63, 3.8) is 0 Å². The van der Waals surface area contributed by atoms with Crippen LogP contribution in [0.4, 0.5) is 5.69 Å². The van der Waals surface area contributed by atoms with E-state index in [9.17, 15) is 0 Å². The molecule has 0 atom stereocenters. The quantitative estimate of drug-likeness (QED) is 0.461. The molecule has 3 heteroatoms. The Morgan fingerprint density at radius 3 is 2.93 bits per heavy atom. The minimum atomic E-state index is 0.555. The second kappa shape index (κ2) is 5.41. The highest BCUT2D eigenvalue weighted by atomic mass is 35.5. The number of nitrogens with two attached hydrogens (primary N) is 1. The van der Waals surface area contributed by atoms with E-state index in [0.717, 1.165) is 5.56 Å². The molecule has 1 rings (SSSR count). The highest BCUT2D eigenvalue weighted by Crippen LogP contribution is 2.21. The van der Waals surface area contributed by atoms with Gasteiger partial charge in [-0.25, -0.2) is 0 Å². The largest absolute Gasteiger partial charge is 0.495 e. The molecule has 0 aliphatic heterocycles. The molecule has 14 heavy (non-hydrogen) atoms. The number of benzene rings is 1. The molecule has 0 bridgehead atoms. The lowest BCUT2D eigenvalue weighted by Crippen LogP contribution is -1.92. The van der Waals surface area contributed by atoms with E-state index in [1.54, 1.807) is 13.2 Å². The van der Waals surface area contributed by atoms with Crippen molar-refractivity contribution >= 4 is 17.3 Å². The molecule has 0 amide bonds. The molecule has 1 aromatic rings. The summed E-state index contributed by atoms with van der Waals surface area (Å²) in [5.74, 6) is 7.13. The van der Waals surface area contributed by atoms with Crippen LogP contribution in [0.15, 0.2) is 18.2 Å². The average molecular weight is 210 g/mol. The summed E-state index contributed by atoms with van der Waals surface area (Å²) in [6.07, 6.45) is 0.689. The summed E-state index contributed by atoms with van der Waals surface area (Å²) in [6, 6.07) is 5.46. The van der Waals surface area contributed by atoms with Gasteiger partial charge >= 0.3 is 0 Å². The number of alkyl halides is 1. The Morgan fingerprint density at radius 1 is 1.50 bits per heavy atom. The summed E-state index contributed by atoms with van der Waals surface area (Å²) in [6.45, 7) is 0. The van der Waals surface area contributed by atoms with Crippen molar-refractivity contribution in [1.82, 2.24) is 0 Å². The molecule has 0 unspecified atom stereocenters. The molecule has 0 aromatic heterocycles. The Bertz CT molecular complexity index is 365. The van der Waals surface area contributed by atoms with Crippen LogP contribution in [-0.2, 0) is 0 Å². The Kier molecular flexibility index (Phi) is 4.15. The van der Waals surface area contributed by atoms with E-state index in [2.05, 4.69) is 11.8 Å². The number of methoxy groups -OCH3 is 1. The summed E-state index contributed by atoms with van der Waals surface area (Å²) in [7, 11) is 1.58. The van der Waals surface area contributed by atoms with E-state index in [-0.39, 0.29) is 0 Å². The first-order valence-electron chi connectivity index (χ1n) is 4.26. The van der Waals surface area contributed by atoms with Crippen LogP contribution >= 0.6 is 11.6 Å². The van der Waals surface area contributed by atoms with Crippen molar-refractivity contribution in [3.8, 4) is 17.6 Å². The number of hydrogen-bond donors (Lipinski definition) is 1. The summed E-state index contributed by atoms with van der Waals surface area (Å²) >= 11 is 5.50. The van der Waals surface area contributed by atoms with Crippen molar-refractivity contribution in [2.24, 2.45) is 0 Å². The minimum absolute atomic E-state index is 0.555. The van der Waals surface area contributed by atoms with Gasteiger partial charge in [-0.15, -0.1) is 11.6 Å². The molecule has 0 radical (unpaired) electrons. The molecule has 0 aliphatic carbocycles. The van der Waals surface area contributed by atoms with Crippen LogP contribution in [0.25, 0.3) is 0 Å². The molecule has 0 aliphatic rings. The zero-order valence-corrected chi connectivity index (χ0v) is 8.77. The molecule has 2 nitrogen and oxygen atoms in total. The second-order valence-corrected chi connectivity index (χ2v) is 3.08. The lowest BCUT2D eigenvalue weighted by Gasteiger charge is -2.03.